The van der Waals surface area contributed by atoms with Crippen LogP contribution in [0.5, 0.6) is 0 Å². The molecular formula is C16H21NO2. The van der Waals surface area contributed by atoms with Crippen LogP contribution in [0.15, 0.2) is 42.0 Å². The van der Waals surface area contributed by atoms with Gasteiger partial charge in [0.25, 0.3) is 5.91 Å². The second-order valence-corrected chi connectivity index (χ2v) is 5.16. The number of hydrogen-bond acceptors (Lipinski definition) is 2. The van der Waals surface area contributed by atoms with Crippen LogP contribution in [-0.2, 0) is 11.2 Å². The van der Waals surface area contributed by atoms with Gasteiger partial charge in [-0.1, -0.05) is 48.4 Å². The smallest absolute Gasteiger partial charge is 0.250 e. The van der Waals surface area contributed by atoms with Crippen molar-refractivity contribution in [3.63, 3.8) is 0 Å². The average Bonchev–Trinajstić information content (AvgIpc) is 2.48. The molecular weight excluding hydrogens is 238 g/mol. The van der Waals surface area contributed by atoms with Gasteiger partial charge in [-0.2, -0.15) is 0 Å². The van der Waals surface area contributed by atoms with Gasteiger partial charge in [0.05, 0.1) is 5.92 Å². The Kier molecular flexibility index (Phi) is 5.16. The molecule has 3 nitrogen and oxygen atoms in total. The monoisotopic (exact) mass is 259 g/mol. The molecule has 0 radical (unpaired) electrons. The quantitative estimate of drug-likeness (QED) is 0.495. The van der Waals surface area contributed by atoms with Crippen LogP contribution in [0.1, 0.15) is 37.7 Å². The topological polar surface area (TPSA) is 49.3 Å². The Morgan fingerprint density at radius 1 is 1.21 bits per heavy atom. The molecule has 1 aliphatic carbocycles. The summed E-state index contributed by atoms with van der Waals surface area (Å²) in [5.74, 6) is -0.595. The van der Waals surface area contributed by atoms with Crippen LogP contribution in [0.2, 0.25) is 0 Å². The maximum Gasteiger partial charge on any atom is 0.250 e. The Hall–Kier alpha value is -1.61. The van der Waals surface area contributed by atoms with Gasteiger partial charge in [0.1, 0.15) is 0 Å². The molecule has 1 atom stereocenters. The van der Waals surface area contributed by atoms with Crippen molar-refractivity contribution in [1.29, 1.82) is 0 Å². The van der Waals surface area contributed by atoms with E-state index in [1.807, 2.05) is 30.3 Å². The van der Waals surface area contributed by atoms with Gasteiger partial charge >= 0.3 is 0 Å². The predicted molar refractivity (Wildman–Crippen MR) is 74.7 cm³/mol. The molecule has 0 saturated heterocycles. The lowest BCUT2D eigenvalue weighted by molar-refractivity contribution is -0.131. The van der Waals surface area contributed by atoms with Gasteiger partial charge in [-0.25, -0.2) is 5.48 Å². The fourth-order valence-corrected chi connectivity index (χ4v) is 2.64. The predicted octanol–water partition coefficient (Wildman–Crippen LogP) is 3.24. The lowest BCUT2D eigenvalue weighted by atomic mass is 9.89. The highest BCUT2D eigenvalue weighted by molar-refractivity contribution is 5.79. The third-order valence-corrected chi connectivity index (χ3v) is 3.68. The van der Waals surface area contributed by atoms with E-state index in [0.29, 0.717) is 6.42 Å². The highest BCUT2D eigenvalue weighted by atomic mass is 16.5. The summed E-state index contributed by atoms with van der Waals surface area (Å²) in [6, 6.07) is 9.92. The minimum atomic E-state index is -0.318. The van der Waals surface area contributed by atoms with Crippen LogP contribution in [0.3, 0.4) is 0 Å². The molecule has 2 N–H and O–H groups in total. The molecule has 1 fully saturated rings. The maximum atomic E-state index is 11.8. The van der Waals surface area contributed by atoms with Gasteiger partial charge in [-0.3, -0.25) is 10.0 Å². The minimum Gasteiger partial charge on any atom is -0.289 e. The first-order valence-electron chi connectivity index (χ1n) is 6.97. The fraction of sp³-hybridized carbons (Fsp3) is 0.438. The van der Waals surface area contributed by atoms with E-state index in [2.05, 4.69) is 6.08 Å². The van der Waals surface area contributed by atoms with Crippen LogP contribution < -0.4 is 5.48 Å². The molecule has 0 heterocycles. The molecule has 0 spiro atoms. The molecule has 1 saturated carbocycles. The third kappa shape index (κ3) is 4.21. The van der Waals surface area contributed by atoms with E-state index in [1.165, 1.54) is 24.8 Å². The zero-order valence-corrected chi connectivity index (χ0v) is 11.1. The largest absolute Gasteiger partial charge is 0.289 e. The number of amides is 1. The number of nitrogens with one attached hydrogen (secondary N) is 1. The first-order chi connectivity index (χ1) is 9.29. The average molecular weight is 259 g/mol. The first kappa shape index (κ1) is 13.8. The molecule has 1 aliphatic rings. The summed E-state index contributed by atoms with van der Waals surface area (Å²) in [5.41, 5.74) is 4.26. The molecule has 0 aliphatic heterocycles. The van der Waals surface area contributed by atoms with Crippen LogP contribution in [0.4, 0.5) is 0 Å². The van der Waals surface area contributed by atoms with Gasteiger partial charge in [-0.05, 0) is 37.7 Å². The molecule has 102 valence electrons. The zero-order valence-electron chi connectivity index (χ0n) is 11.1. The summed E-state index contributed by atoms with van der Waals surface area (Å²) in [6.07, 6.45) is 8.57. The van der Waals surface area contributed by atoms with Gasteiger partial charge in [0.15, 0.2) is 0 Å². The Bertz CT molecular complexity index is 431. The summed E-state index contributed by atoms with van der Waals surface area (Å²) >= 11 is 0. The van der Waals surface area contributed by atoms with E-state index in [4.69, 9.17) is 5.21 Å². The Morgan fingerprint density at radius 3 is 2.53 bits per heavy atom. The van der Waals surface area contributed by atoms with E-state index < -0.39 is 0 Å². The molecule has 0 bridgehead atoms. The molecule has 3 heteroatoms. The molecule has 1 aromatic carbocycles. The standard InChI is InChI=1S/C16H21NO2/c18-16(17-19)15(11-13-7-3-1-4-8-13)12-14-9-5-2-6-10-14/h1,3-4,7-8,12,15,19H,2,5-6,9-11H2,(H,17,18)/t15-/m1/s1. The van der Waals surface area contributed by atoms with Gasteiger partial charge in [0.2, 0.25) is 0 Å². The maximum absolute atomic E-state index is 11.8. The molecule has 19 heavy (non-hydrogen) atoms. The second-order valence-electron chi connectivity index (χ2n) is 5.16. The van der Waals surface area contributed by atoms with E-state index in [-0.39, 0.29) is 11.8 Å². The van der Waals surface area contributed by atoms with Crippen LogP contribution >= 0.6 is 0 Å². The van der Waals surface area contributed by atoms with Gasteiger partial charge in [0, 0.05) is 0 Å². The van der Waals surface area contributed by atoms with Crippen LogP contribution in [0, 0.1) is 5.92 Å². The number of hydroxylamine groups is 1. The second kappa shape index (κ2) is 7.10. The SMILES string of the molecule is O=C(NO)[C@@H](C=C1CCCCC1)Cc1ccccc1. The fourth-order valence-electron chi connectivity index (χ4n) is 2.64. The van der Waals surface area contributed by atoms with E-state index >= 15 is 0 Å². The number of carbonyl (C=O) groups is 1. The number of hydrogen-bond donors (Lipinski definition) is 2. The van der Waals surface area contributed by atoms with Gasteiger partial charge in [-0.15, -0.1) is 0 Å². The summed E-state index contributed by atoms with van der Waals surface area (Å²) in [6.45, 7) is 0. The normalized spacial score (nSPS) is 16.8. The van der Waals surface area contributed by atoms with E-state index in [0.717, 1.165) is 18.4 Å². The van der Waals surface area contributed by atoms with Crippen LogP contribution in [0.25, 0.3) is 0 Å². The third-order valence-electron chi connectivity index (χ3n) is 3.68. The van der Waals surface area contributed by atoms with Crippen molar-refractivity contribution in [3.8, 4) is 0 Å². The molecule has 0 unspecified atom stereocenters. The number of rotatable bonds is 4. The Balaban J connectivity index is 2.09. The number of carbonyl (C=O) groups excluding carboxylic acids is 1. The molecule has 0 aromatic heterocycles. The van der Waals surface area contributed by atoms with Crippen molar-refractivity contribution >= 4 is 5.91 Å². The summed E-state index contributed by atoms with van der Waals surface area (Å²) in [7, 11) is 0. The van der Waals surface area contributed by atoms with Crippen molar-refractivity contribution in [3.05, 3.63) is 47.5 Å². The highest BCUT2D eigenvalue weighted by Crippen LogP contribution is 2.25. The Labute approximate surface area is 114 Å². The van der Waals surface area contributed by atoms with E-state index in [9.17, 15) is 4.79 Å². The van der Waals surface area contributed by atoms with Crippen molar-refractivity contribution in [2.24, 2.45) is 5.92 Å². The first-order valence-corrected chi connectivity index (χ1v) is 6.97. The number of allylic oxidation sites excluding steroid dienone is 1. The summed E-state index contributed by atoms with van der Waals surface area (Å²) in [4.78, 5) is 11.8. The van der Waals surface area contributed by atoms with Crippen molar-refractivity contribution in [2.75, 3.05) is 0 Å². The summed E-state index contributed by atoms with van der Waals surface area (Å²) < 4.78 is 0. The molecule has 2 rings (SSSR count). The number of benzene rings is 1. The molecule has 1 aromatic rings. The van der Waals surface area contributed by atoms with Crippen molar-refractivity contribution < 1.29 is 10.0 Å². The lowest BCUT2D eigenvalue weighted by Crippen LogP contribution is -2.28. The van der Waals surface area contributed by atoms with Crippen LogP contribution in [-0.4, -0.2) is 11.1 Å². The Morgan fingerprint density at radius 2 is 1.89 bits per heavy atom. The van der Waals surface area contributed by atoms with Crippen molar-refractivity contribution in [1.82, 2.24) is 5.48 Å². The molecule has 1 amide bonds. The van der Waals surface area contributed by atoms with E-state index in [1.54, 1.807) is 5.48 Å². The lowest BCUT2D eigenvalue weighted by Gasteiger charge is -2.17. The zero-order chi connectivity index (χ0) is 13.5. The van der Waals surface area contributed by atoms with Gasteiger partial charge < -0.3 is 0 Å². The minimum absolute atomic E-state index is 0.277. The highest BCUT2D eigenvalue weighted by Gasteiger charge is 2.17. The van der Waals surface area contributed by atoms with Crippen molar-refractivity contribution in [2.45, 2.75) is 38.5 Å². The summed E-state index contributed by atoms with van der Waals surface area (Å²) in [5, 5.41) is 8.88.